The van der Waals surface area contributed by atoms with E-state index >= 15 is 0 Å². The van der Waals surface area contributed by atoms with Crippen LogP contribution in [0, 0.1) is 5.92 Å². The molecule has 0 aliphatic rings. The number of allylic oxidation sites excluding steroid dienone is 1. The maximum absolute atomic E-state index is 11.5. The van der Waals surface area contributed by atoms with Crippen LogP contribution < -0.4 is 5.32 Å². The summed E-state index contributed by atoms with van der Waals surface area (Å²) in [4.78, 5) is 22.6. The Bertz CT molecular complexity index is 313. The fourth-order valence-corrected chi connectivity index (χ4v) is 1.72. The van der Waals surface area contributed by atoms with Gasteiger partial charge < -0.3 is 15.5 Å². The average molecular weight is 285 g/mol. The van der Waals surface area contributed by atoms with Gasteiger partial charge in [0.1, 0.15) is 0 Å². The minimum absolute atomic E-state index is 0.0898. The van der Waals surface area contributed by atoms with Crippen molar-refractivity contribution in [1.29, 1.82) is 0 Å². The maximum Gasteiger partial charge on any atom is 0.310 e. The highest BCUT2D eigenvalue weighted by atomic mass is 16.4. The highest BCUT2D eigenvalue weighted by molar-refractivity contribution is 5.83. The van der Waals surface area contributed by atoms with Crippen molar-refractivity contribution >= 4 is 11.9 Å². The molecular formula is C15H27NO4. The molecular weight excluding hydrogens is 258 g/mol. The summed E-state index contributed by atoms with van der Waals surface area (Å²) in [5, 5.41) is 20.6. The van der Waals surface area contributed by atoms with Crippen LogP contribution in [0.1, 0.15) is 52.4 Å². The van der Waals surface area contributed by atoms with Gasteiger partial charge in [-0.1, -0.05) is 38.3 Å². The van der Waals surface area contributed by atoms with Crippen molar-refractivity contribution in [2.24, 2.45) is 5.92 Å². The minimum atomic E-state index is -0.998. The maximum atomic E-state index is 11.5. The lowest BCUT2D eigenvalue weighted by molar-refractivity contribution is -0.142. The molecule has 0 rings (SSSR count). The van der Waals surface area contributed by atoms with Crippen LogP contribution in [0.5, 0.6) is 0 Å². The first-order valence-electron chi connectivity index (χ1n) is 7.31. The summed E-state index contributed by atoms with van der Waals surface area (Å²) in [6.45, 7) is 3.85. The van der Waals surface area contributed by atoms with Crippen LogP contribution in [0.4, 0.5) is 0 Å². The molecule has 1 amide bonds. The van der Waals surface area contributed by atoms with Crippen LogP contribution in [0.15, 0.2) is 12.2 Å². The van der Waals surface area contributed by atoms with E-state index in [0.717, 1.165) is 19.3 Å². The SMILES string of the molecule is CCCCCCC=CC(CC(=O)NCC(C)O)C(=O)O. The second-order valence-corrected chi connectivity index (χ2v) is 5.08. The van der Waals surface area contributed by atoms with Crippen molar-refractivity contribution in [3.05, 3.63) is 12.2 Å². The number of hydrogen-bond donors (Lipinski definition) is 3. The first-order chi connectivity index (χ1) is 9.47. The van der Waals surface area contributed by atoms with Crippen molar-refractivity contribution in [3.8, 4) is 0 Å². The number of unbranched alkanes of at least 4 members (excludes halogenated alkanes) is 4. The molecule has 5 heteroatoms. The van der Waals surface area contributed by atoms with E-state index in [4.69, 9.17) is 10.2 Å². The summed E-state index contributed by atoms with van der Waals surface area (Å²) in [6.07, 6.45) is 8.12. The number of carbonyl (C=O) groups excluding carboxylic acids is 1. The molecule has 0 fully saturated rings. The summed E-state index contributed by atoms with van der Waals surface area (Å²) in [5.74, 6) is -2.15. The Hall–Kier alpha value is -1.36. The molecule has 0 aromatic rings. The van der Waals surface area contributed by atoms with Gasteiger partial charge in [-0.2, -0.15) is 0 Å². The zero-order valence-electron chi connectivity index (χ0n) is 12.5. The number of aliphatic hydroxyl groups excluding tert-OH is 1. The van der Waals surface area contributed by atoms with Gasteiger partial charge in [0, 0.05) is 13.0 Å². The third kappa shape index (κ3) is 10.6. The molecule has 0 spiro atoms. The number of rotatable bonds is 11. The smallest absolute Gasteiger partial charge is 0.310 e. The zero-order chi connectivity index (χ0) is 15.4. The molecule has 116 valence electrons. The Morgan fingerprint density at radius 1 is 1.25 bits per heavy atom. The molecule has 0 saturated heterocycles. The number of aliphatic carboxylic acids is 1. The molecule has 0 radical (unpaired) electrons. The predicted octanol–water partition coefficient (Wildman–Crippen LogP) is 2.10. The molecule has 0 heterocycles. The molecule has 0 bridgehead atoms. The van der Waals surface area contributed by atoms with Crippen molar-refractivity contribution in [3.63, 3.8) is 0 Å². The number of carboxylic acids is 1. The van der Waals surface area contributed by atoms with E-state index in [1.807, 2.05) is 6.08 Å². The molecule has 5 nitrogen and oxygen atoms in total. The summed E-state index contributed by atoms with van der Waals surface area (Å²) < 4.78 is 0. The Labute approximate surface area is 121 Å². The fraction of sp³-hybridized carbons (Fsp3) is 0.733. The molecule has 0 aliphatic carbocycles. The first-order valence-corrected chi connectivity index (χ1v) is 7.31. The van der Waals surface area contributed by atoms with Crippen LogP contribution in [0.3, 0.4) is 0 Å². The van der Waals surface area contributed by atoms with Crippen LogP contribution in [-0.2, 0) is 9.59 Å². The van der Waals surface area contributed by atoms with Gasteiger partial charge in [-0.15, -0.1) is 0 Å². The Balaban J connectivity index is 4.06. The van der Waals surface area contributed by atoms with Crippen molar-refractivity contribution in [2.45, 2.75) is 58.5 Å². The van der Waals surface area contributed by atoms with E-state index in [1.54, 1.807) is 13.0 Å². The molecule has 2 unspecified atom stereocenters. The number of nitrogens with one attached hydrogen (secondary N) is 1. The number of carbonyl (C=O) groups is 2. The molecule has 0 aromatic heterocycles. The van der Waals surface area contributed by atoms with Crippen LogP contribution in [-0.4, -0.2) is 34.7 Å². The van der Waals surface area contributed by atoms with E-state index in [0.29, 0.717) is 0 Å². The molecule has 2 atom stereocenters. The quantitative estimate of drug-likeness (QED) is 0.401. The second kappa shape index (κ2) is 11.5. The second-order valence-electron chi connectivity index (χ2n) is 5.08. The van der Waals surface area contributed by atoms with Gasteiger partial charge in [-0.3, -0.25) is 9.59 Å². The summed E-state index contributed by atoms with van der Waals surface area (Å²) in [5.41, 5.74) is 0. The van der Waals surface area contributed by atoms with E-state index in [9.17, 15) is 9.59 Å². The van der Waals surface area contributed by atoms with Crippen LogP contribution >= 0.6 is 0 Å². The number of carboxylic acid groups (broad SMARTS) is 1. The largest absolute Gasteiger partial charge is 0.481 e. The average Bonchev–Trinajstić information content (AvgIpc) is 2.38. The van der Waals surface area contributed by atoms with Gasteiger partial charge in [0.05, 0.1) is 12.0 Å². The van der Waals surface area contributed by atoms with Gasteiger partial charge in [-0.25, -0.2) is 0 Å². The minimum Gasteiger partial charge on any atom is -0.481 e. The topological polar surface area (TPSA) is 86.6 Å². The summed E-state index contributed by atoms with van der Waals surface area (Å²) >= 11 is 0. The first kappa shape index (κ1) is 18.6. The monoisotopic (exact) mass is 285 g/mol. The predicted molar refractivity (Wildman–Crippen MR) is 78.3 cm³/mol. The van der Waals surface area contributed by atoms with Crippen LogP contribution in [0.25, 0.3) is 0 Å². The fourth-order valence-electron chi connectivity index (χ4n) is 1.72. The van der Waals surface area contributed by atoms with E-state index in [-0.39, 0.29) is 18.9 Å². The van der Waals surface area contributed by atoms with Crippen LogP contribution in [0.2, 0.25) is 0 Å². The van der Waals surface area contributed by atoms with Crippen molar-refractivity contribution < 1.29 is 19.8 Å². The number of hydrogen-bond acceptors (Lipinski definition) is 3. The standard InChI is InChI=1S/C15H27NO4/c1-3-4-5-6-7-8-9-13(15(19)20)10-14(18)16-11-12(2)17/h8-9,12-13,17H,3-7,10-11H2,1-2H3,(H,16,18)(H,19,20). The lowest BCUT2D eigenvalue weighted by atomic mass is 10.0. The van der Waals surface area contributed by atoms with Gasteiger partial charge in [0.2, 0.25) is 5.91 Å². The molecule has 3 N–H and O–H groups in total. The molecule has 0 aliphatic heterocycles. The Morgan fingerprint density at radius 2 is 1.95 bits per heavy atom. The number of aliphatic hydroxyl groups is 1. The normalized spacial score (nSPS) is 14.2. The molecule has 0 aromatic carbocycles. The Kier molecular flexibility index (Phi) is 10.7. The molecule has 20 heavy (non-hydrogen) atoms. The van der Waals surface area contributed by atoms with Gasteiger partial charge in [0.25, 0.3) is 0 Å². The van der Waals surface area contributed by atoms with E-state index < -0.39 is 18.0 Å². The summed E-state index contributed by atoms with van der Waals surface area (Å²) in [6, 6.07) is 0. The lowest BCUT2D eigenvalue weighted by Crippen LogP contribution is -2.32. The van der Waals surface area contributed by atoms with Crippen molar-refractivity contribution in [2.75, 3.05) is 6.54 Å². The van der Waals surface area contributed by atoms with Gasteiger partial charge >= 0.3 is 5.97 Å². The third-order valence-corrected chi connectivity index (χ3v) is 2.91. The van der Waals surface area contributed by atoms with Crippen molar-refractivity contribution in [1.82, 2.24) is 5.32 Å². The molecule has 0 saturated carbocycles. The van der Waals surface area contributed by atoms with Gasteiger partial charge in [0.15, 0.2) is 0 Å². The Morgan fingerprint density at radius 3 is 2.50 bits per heavy atom. The van der Waals surface area contributed by atoms with Gasteiger partial charge in [-0.05, 0) is 19.8 Å². The summed E-state index contributed by atoms with van der Waals surface area (Å²) in [7, 11) is 0. The highest BCUT2D eigenvalue weighted by Crippen LogP contribution is 2.09. The lowest BCUT2D eigenvalue weighted by Gasteiger charge is -2.10. The number of amides is 1. The highest BCUT2D eigenvalue weighted by Gasteiger charge is 2.18. The van der Waals surface area contributed by atoms with E-state index in [1.165, 1.54) is 12.8 Å². The zero-order valence-corrected chi connectivity index (χ0v) is 12.5. The third-order valence-electron chi connectivity index (χ3n) is 2.91. The van der Waals surface area contributed by atoms with E-state index in [2.05, 4.69) is 12.2 Å².